The second kappa shape index (κ2) is 7.35. The molecule has 0 aromatic carbocycles. The van der Waals surface area contributed by atoms with Gasteiger partial charge in [0.2, 0.25) is 0 Å². The number of aromatic nitrogens is 1. The fourth-order valence-corrected chi connectivity index (χ4v) is 3.41. The van der Waals surface area contributed by atoms with Crippen LogP contribution >= 0.6 is 23.2 Å². The van der Waals surface area contributed by atoms with Crippen LogP contribution in [0.4, 0.5) is 0 Å². The zero-order valence-corrected chi connectivity index (χ0v) is 12.3. The third-order valence-electron chi connectivity index (χ3n) is 3.93. The van der Waals surface area contributed by atoms with Gasteiger partial charge in [-0.3, -0.25) is 4.98 Å². The van der Waals surface area contributed by atoms with Gasteiger partial charge in [0.1, 0.15) is 0 Å². The van der Waals surface area contributed by atoms with E-state index in [1.54, 1.807) is 12.4 Å². The highest BCUT2D eigenvalue weighted by molar-refractivity contribution is 6.31. The molecule has 0 bridgehead atoms. The van der Waals surface area contributed by atoms with E-state index in [4.69, 9.17) is 23.2 Å². The van der Waals surface area contributed by atoms with Gasteiger partial charge >= 0.3 is 0 Å². The van der Waals surface area contributed by atoms with E-state index >= 15 is 0 Å². The van der Waals surface area contributed by atoms with E-state index in [0.717, 1.165) is 17.0 Å². The van der Waals surface area contributed by atoms with Crippen molar-refractivity contribution in [2.75, 3.05) is 0 Å². The van der Waals surface area contributed by atoms with Crippen LogP contribution in [0.1, 0.15) is 50.5 Å². The lowest BCUT2D eigenvalue weighted by Crippen LogP contribution is -2.19. The van der Waals surface area contributed by atoms with Crippen LogP contribution in [0.25, 0.3) is 0 Å². The van der Waals surface area contributed by atoms with Gasteiger partial charge in [-0.1, -0.05) is 43.7 Å². The fourth-order valence-electron chi connectivity index (χ4n) is 2.80. The Kier molecular flexibility index (Phi) is 5.78. The number of alkyl halides is 1. The molecule has 1 unspecified atom stereocenters. The number of pyridine rings is 1. The summed E-state index contributed by atoms with van der Waals surface area (Å²) < 4.78 is 0. The molecule has 0 N–H and O–H groups in total. The summed E-state index contributed by atoms with van der Waals surface area (Å²) in [6.07, 6.45) is 13.7. The summed E-state index contributed by atoms with van der Waals surface area (Å²) in [6, 6.07) is 1.99. The van der Waals surface area contributed by atoms with Crippen molar-refractivity contribution in [3.63, 3.8) is 0 Å². The molecule has 0 spiro atoms. The highest BCUT2D eigenvalue weighted by Crippen LogP contribution is 2.30. The summed E-state index contributed by atoms with van der Waals surface area (Å²) in [6.45, 7) is 0. The molecule has 100 valence electrons. The Labute approximate surface area is 120 Å². The minimum atomic E-state index is 0.211. The maximum Gasteiger partial charge on any atom is 0.0621 e. The highest BCUT2D eigenvalue weighted by Gasteiger charge is 2.21. The van der Waals surface area contributed by atoms with E-state index in [0.29, 0.717) is 5.92 Å². The maximum absolute atomic E-state index is 6.61. The van der Waals surface area contributed by atoms with E-state index < -0.39 is 0 Å². The molecule has 0 aliphatic heterocycles. The molecule has 1 heterocycles. The average molecular weight is 286 g/mol. The predicted molar refractivity (Wildman–Crippen MR) is 78.4 cm³/mol. The fraction of sp³-hybridized carbons (Fsp3) is 0.667. The van der Waals surface area contributed by atoms with Crippen molar-refractivity contribution in [3.05, 3.63) is 29.0 Å². The van der Waals surface area contributed by atoms with Crippen LogP contribution < -0.4 is 0 Å². The Morgan fingerprint density at radius 1 is 1.17 bits per heavy atom. The van der Waals surface area contributed by atoms with Gasteiger partial charge in [0.25, 0.3) is 0 Å². The zero-order valence-electron chi connectivity index (χ0n) is 10.7. The lowest BCUT2D eigenvalue weighted by Gasteiger charge is -2.24. The molecule has 18 heavy (non-hydrogen) atoms. The van der Waals surface area contributed by atoms with Crippen LogP contribution in [0.2, 0.25) is 5.02 Å². The molecule has 3 heteroatoms. The molecular weight excluding hydrogens is 265 g/mol. The van der Waals surface area contributed by atoms with Gasteiger partial charge in [0.15, 0.2) is 0 Å². The van der Waals surface area contributed by atoms with Crippen LogP contribution in [-0.4, -0.2) is 10.4 Å². The molecule has 1 fully saturated rings. The molecule has 1 atom stereocenters. The summed E-state index contributed by atoms with van der Waals surface area (Å²) in [7, 11) is 0. The predicted octanol–water partition coefficient (Wildman–Crippen LogP) is 5.25. The van der Waals surface area contributed by atoms with Crippen LogP contribution in [0, 0.1) is 5.92 Å². The summed E-state index contributed by atoms with van der Waals surface area (Å²) in [4.78, 5) is 4.02. The number of nitrogens with zero attached hydrogens (tertiary/aromatic N) is 1. The van der Waals surface area contributed by atoms with Crippen LogP contribution in [0.15, 0.2) is 18.5 Å². The van der Waals surface area contributed by atoms with Crippen molar-refractivity contribution in [1.82, 2.24) is 4.98 Å². The van der Waals surface area contributed by atoms with Crippen molar-refractivity contribution in [2.24, 2.45) is 5.92 Å². The maximum atomic E-state index is 6.61. The van der Waals surface area contributed by atoms with Crippen molar-refractivity contribution in [2.45, 2.75) is 56.7 Å². The van der Waals surface area contributed by atoms with Crippen molar-refractivity contribution in [1.29, 1.82) is 0 Å². The van der Waals surface area contributed by atoms with E-state index in [-0.39, 0.29) is 5.38 Å². The lowest BCUT2D eigenvalue weighted by atomic mass is 9.87. The van der Waals surface area contributed by atoms with Crippen LogP contribution in [0.3, 0.4) is 0 Å². The summed E-state index contributed by atoms with van der Waals surface area (Å²) >= 11 is 12.8. The van der Waals surface area contributed by atoms with Crippen LogP contribution in [0.5, 0.6) is 0 Å². The first-order valence-corrected chi connectivity index (χ1v) is 7.81. The van der Waals surface area contributed by atoms with Gasteiger partial charge in [0, 0.05) is 17.8 Å². The van der Waals surface area contributed by atoms with E-state index in [1.165, 1.54) is 44.9 Å². The molecule has 1 nitrogen and oxygen atoms in total. The molecule has 0 amide bonds. The summed E-state index contributed by atoms with van der Waals surface area (Å²) in [5.74, 6) is 0.649. The third-order valence-corrected chi connectivity index (χ3v) is 4.78. The van der Waals surface area contributed by atoms with E-state index in [9.17, 15) is 0 Å². The highest BCUT2D eigenvalue weighted by atomic mass is 35.5. The first-order valence-electron chi connectivity index (χ1n) is 7.00. The quantitative estimate of drug-likeness (QED) is 0.692. The minimum Gasteiger partial charge on any atom is -0.263 e. The Morgan fingerprint density at radius 3 is 2.50 bits per heavy atom. The Bertz CT molecular complexity index is 359. The monoisotopic (exact) mass is 285 g/mol. The Morgan fingerprint density at radius 2 is 1.83 bits per heavy atom. The third kappa shape index (κ3) is 4.13. The molecule has 1 aliphatic rings. The normalized spacial score (nSPS) is 20.1. The Balaban J connectivity index is 1.93. The molecule has 0 saturated heterocycles. The van der Waals surface area contributed by atoms with Gasteiger partial charge in [-0.15, -0.1) is 11.6 Å². The average Bonchev–Trinajstić information content (AvgIpc) is 2.31. The zero-order chi connectivity index (χ0) is 12.8. The van der Waals surface area contributed by atoms with Gasteiger partial charge in [-0.25, -0.2) is 0 Å². The molecule has 2 rings (SSSR count). The molecule has 1 aromatic rings. The van der Waals surface area contributed by atoms with Gasteiger partial charge in [-0.2, -0.15) is 0 Å². The second-order valence-electron chi connectivity index (χ2n) is 5.29. The smallest absolute Gasteiger partial charge is 0.0621 e. The van der Waals surface area contributed by atoms with Crippen LogP contribution in [-0.2, 0) is 6.42 Å². The standard InChI is InChI=1S/C15H21Cl2N/c16-14(10-13-8-9-18-11-15(13)17)12-6-4-2-1-3-5-7-12/h8-9,11-12,14H,1-7,10H2. The number of rotatable bonds is 3. The van der Waals surface area contributed by atoms with E-state index in [2.05, 4.69) is 4.98 Å². The van der Waals surface area contributed by atoms with Gasteiger partial charge < -0.3 is 0 Å². The number of hydrogen-bond acceptors (Lipinski definition) is 1. The van der Waals surface area contributed by atoms with Crippen molar-refractivity contribution < 1.29 is 0 Å². The van der Waals surface area contributed by atoms with Gasteiger partial charge in [-0.05, 0) is 36.8 Å². The Hall–Kier alpha value is -0.270. The lowest BCUT2D eigenvalue weighted by molar-refractivity contribution is 0.364. The SMILES string of the molecule is Clc1cnccc1CC(Cl)C1CCCCCCC1. The molecular formula is C15H21Cl2N. The van der Waals surface area contributed by atoms with Crippen molar-refractivity contribution >= 4 is 23.2 Å². The summed E-state index contributed by atoms with van der Waals surface area (Å²) in [5.41, 5.74) is 1.13. The first-order chi connectivity index (χ1) is 8.77. The minimum absolute atomic E-state index is 0.211. The molecule has 1 aromatic heterocycles. The second-order valence-corrected chi connectivity index (χ2v) is 6.26. The van der Waals surface area contributed by atoms with Gasteiger partial charge in [0.05, 0.1) is 5.02 Å². The molecule has 0 radical (unpaired) electrons. The topological polar surface area (TPSA) is 12.9 Å². The largest absolute Gasteiger partial charge is 0.263 e. The number of hydrogen-bond donors (Lipinski definition) is 0. The molecule has 1 aliphatic carbocycles. The summed E-state index contributed by atoms with van der Waals surface area (Å²) in [5, 5.41) is 0.956. The van der Waals surface area contributed by atoms with Crippen molar-refractivity contribution in [3.8, 4) is 0 Å². The number of halogens is 2. The molecule has 1 saturated carbocycles. The first kappa shape index (κ1) is 14.1. The van der Waals surface area contributed by atoms with E-state index in [1.807, 2.05) is 6.07 Å².